The van der Waals surface area contributed by atoms with E-state index in [9.17, 15) is 4.79 Å². The normalized spacial score (nSPS) is 22.6. The predicted molar refractivity (Wildman–Crippen MR) is 125 cm³/mol. The molecule has 3 nitrogen and oxygen atoms in total. The van der Waals surface area contributed by atoms with Gasteiger partial charge in [0.05, 0.1) is 0 Å². The quantitative estimate of drug-likeness (QED) is 0.573. The van der Waals surface area contributed by atoms with Gasteiger partial charge in [-0.15, -0.1) is 12.4 Å². The first-order valence-electron chi connectivity index (χ1n) is 10.9. The number of anilines is 1. The molecule has 3 aliphatic rings. The minimum atomic E-state index is -0.296. The highest BCUT2D eigenvalue weighted by atomic mass is 35.5. The van der Waals surface area contributed by atoms with Crippen LogP contribution in [0.1, 0.15) is 36.4 Å². The van der Waals surface area contributed by atoms with Gasteiger partial charge in [-0.3, -0.25) is 9.69 Å². The molecule has 0 aromatic heterocycles. The van der Waals surface area contributed by atoms with E-state index in [1.165, 1.54) is 27.6 Å². The standard InChI is InChI=1S/C26H26N2O.ClH/c29-24-12-15-28(21-9-2-1-3-10-21)26(24)13-16-27(17-14-26)23-18-20-8-4-6-19-7-5-11-22(23)25(19)20;/h1-11,23H,12-18H2;1H. The van der Waals surface area contributed by atoms with Crippen LogP contribution >= 0.6 is 12.4 Å². The van der Waals surface area contributed by atoms with Crippen LogP contribution in [0.3, 0.4) is 0 Å². The van der Waals surface area contributed by atoms with E-state index >= 15 is 0 Å². The zero-order valence-electron chi connectivity index (χ0n) is 17.1. The van der Waals surface area contributed by atoms with E-state index in [1.807, 2.05) is 0 Å². The molecule has 30 heavy (non-hydrogen) atoms. The van der Waals surface area contributed by atoms with E-state index in [0.29, 0.717) is 18.2 Å². The largest absolute Gasteiger partial charge is 0.358 e. The Morgan fingerprint density at radius 2 is 1.57 bits per heavy atom. The molecule has 3 aromatic rings. The van der Waals surface area contributed by atoms with Crippen LogP contribution in [0, 0.1) is 0 Å². The fourth-order valence-corrected chi connectivity index (χ4v) is 6.09. The molecule has 0 bridgehead atoms. The number of ketones is 1. The molecule has 2 heterocycles. The lowest BCUT2D eigenvalue weighted by Crippen LogP contribution is -2.56. The molecule has 2 saturated heterocycles. The van der Waals surface area contributed by atoms with Gasteiger partial charge in [0.1, 0.15) is 5.54 Å². The summed E-state index contributed by atoms with van der Waals surface area (Å²) in [6, 6.07) is 24.4. The average Bonchev–Trinajstić information content (AvgIpc) is 3.30. The van der Waals surface area contributed by atoms with Crippen molar-refractivity contribution >= 4 is 34.7 Å². The van der Waals surface area contributed by atoms with Crippen molar-refractivity contribution in [3.63, 3.8) is 0 Å². The highest BCUT2D eigenvalue weighted by Crippen LogP contribution is 2.44. The van der Waals surface area contributed by atoms with Crippen LogP contribution in [0.5, 0.6) is 0 Å². The summed E-state index contributed by atoms with van der Waals surface area (Å²) in [5.74, 6) is 0.442. The van der Waals surface area contributed by atoms with Gasteiger partial charge < -0.3 is 4.90 Å². The van der Waals surface area contributed by atoms with Crippen LogP contribution in [-0.4, -0.2) is 35.9 Å². The molecule has 1 atom stereocenters. The van der Waals surface area contributed by atoms with Gasteiger partial charge in [0, 0.05) is 37.8 Å². The molecule has 0 saturated carbocycles. The van der Waals surface area contributed by atoms with E-state index in [0.717, 1.165) is 38.9 Å². The zero-order chi connectivity index (χ0) is 19.4. The van der Waals surface area contributed by atoms with E-state index in [1.54, 1.807) is 0 Å². The third-order valence-corrected chi connectivity index (χ3v) is 7.53. The number of Topliss-reactive ketones (excluding diaryl/α,β-unsaturated/α-hetero) is 1. The van der Waals surface area contributed by atoms with Crippen molar-refractivity contribution in [2.24, 2.45) is 0 Å². The lowest BCUT2D eigenvalue weighted by molar-refractivity contribution is -0.123. The van der Waals surface area contributed by atoms with Crippen LogP contribution in [-0.2, 0) is 11.2 Å². The summed E-state index contributed by atoms with van der Waals surface area (Å²) in [7, 11) is 0. The second-order valence-corrected chi connectivity index (χ2v) is 8.81. The third kappa shape index (κ3) is 2.79. The third-order valence-electron chi connectivity index (χ3n) is 7.53. The summed E-state index contributed by atoms with van der Waals surface area (Å²) in [5.41, 5.74) is 3.86. The van der Waals surface area contributed by atoms with Gasteiger partial charge >= 0.3 is 0 Å². The number of halogens is 1. The number of rotatable bonds is 2. The van der Waals surface area contributed by atoms with Crippen LogP contribution in [0.2, 0.25) is 0 Å². The summed E-state index contributed by atoms with van der Waals surface area (Å²) in [5, 5.41) is 2.82. The number of benzene rings is 3. The molecule has 2 fully saturated rings. The Morgan fingerprint density at radius 3 is 2.33 bits per heavy atom. The van der Waals surface area contributed by atoms with Gasteiger partial charge in [0.2, 0.25) is 0 Å². The number of carbonyl (C=O) groups excluding carboxylic acids is 1. The number of carbonyl (C=O) groups is 1. The topological polar surface area (TPSA) is 23.6 Å². The summed E-state index contributed by atoms with van der Waals surface area (Å²) in [6.45, 7) is 2.84. The highest BCUT2D eigenvalue weighted by molar-refractivity contribution is 5.96. The second-order valence-electron chi connectivity index (χ2n) is 8.81. The smallest absolute Gasteiger partial charge is 0.160 e. The molecule has 6 rings (SSSR count). The van der Waals surface area contributed by atoms with Crippen molar-refractivity contribution in [3.8, 4) is 0 Å². The Labute approximate surface area is 184 Å². The van der Waals surface area contributed by atoms with Gasteiger partial charge in [-0.25, -0.2) is 0 Å². The molecule has 1 aliphatic carbocycles. The van der Waals surface area contributed by atoms with Crippen molar-refractivity contribution in [2.45, 2.75) is 37.3 Å². The number of para-hydroxylation sites is 1. The molecular formula is C26H27ClN2O. The summed E-state index contributed by atoms with van der Waals surface area (Å²) < 4.78 is 0. The number of hydrogen-bond acceptors (Lipinski definition) is 3. The molecule has 1 unspecified atom stereocenters. The fourth-order valence-electron chi connectivity index (χ4n) is 6.09. The van der Waals surface area contributed by atoms with E-state index < -0.39 is 0 Å². The second kappa shape index (κ2) is 7.40. The van der Waals surface area contributed by atoms with E-state index in [2.05, 4.69) is 76.5 Å². The van der Waals surface area contributed by atoms with Crippen molar-refractivity contribution in [3.05, 3.63) is 77.9 Å². The minimum Gasteiger partial charge on any atom is -0.358 e. The minimum absolute atomic E-state index is 0. The monoisotopic (exact) mass is 418 g/mol. The SMILES string of the molecule is Cl.O=C1CCN(c2ccccc2)C12CCN(C1Cc3cccc4cccc1c34)CC2. The maximum Gasteiger partial charge on any atom is 0.160 e. The van der Waals surface area contributed by atoms with Crippen LogP contribution in [0.15, 0.2) is 66.7 Å². The van der Waals surface area contributed by atoms with E-state index in [4.69, 9.17) is 0 Å². The average molecular weight is 419 g/mol. The van der Waals surface area contributed by atoms with E-state index in [-0.39, 0.29) is 17.9 Å². The molecule has 154 valence electrons. The Bertz CT molecular complexity index is 1080. The van der Waals surface area contributed by atoms with Gasteiger partial charge in [-0.05, 0) is 53.3 Å². The Morgan fingerprint density at radius 1 is 0.833 bits per heavy atom. The Hall–Kier alpha value is -2.36. The maximum absolute atomic E-state index is 13.0. The number of nitrogens with zero attached hydrogens (tertiary/aromatic N) is 2. The summed E-state index contributed by atoms with van der Waals surface area (Å²) in [6.07, 6.45) is 3.65. The number of likely N-dealkylation sites (tertiary alicyclic amines) is 1. The molecule has 2 aliphatic heterocycles. The van der Waals surface area contributed by atoms with Gasteiger partial charge in [0.15, 0.2) is 5.78 Å². The molecule has 0 amide bonds. The van der Waals surface area contributed by atoms with Gasteiger partial charge in [-0.1, -0.05) is 54.6 Å². The van der Waals surface area contributed by atoms with Crippen LogP contribution in [0.4, 0.5) is 5.69 Å². The van der Waals surface area contributed by atoms with Crippen molar-refractivity contribution in [1.82, 2.24) is 4.90 Å². The van der Waals surface area contributed by atoms with Crippen LogP contribution in [0.25, 0.3) is 10.8 Å². The maximum atomic E-state index is 13.0. The summed E-state index contributed by atoms with van der Waals surface area (Å²) >= 11 is 0. The Kier molecular flexibility index (Phi) is 4.83. The first-order valence-corrected chi connectivity index (χ1v) is 10.9. The summed E-state index contributed by atoms with van der Waals surface area (Å²) in [4.78, 5) is 18.1. The van der Waals surface area contributed by atoms with Gasteiger partial charge in [0.25, 0.3) is 0 Å². The molecule has 0 radical (unpaired) electrons. The fraction of sp³-hybridized carbons (Fsp3) is 0.346. The Balaban J connectivity index is 0.00000193. The molecule has 1 spiro atoms. The zero-order valence-corrected chi connectivity index (χ0v) is 17.9. The highest BCUT2D eigenvalue weighted by Gasteiger charge is 2.50. The lowest BCUT2D eigenvalue weighted by atomic mass is 9.82. The van der Waals surface area contributed by atoms with Crippen LogP contribution < -0.4 is 4.90 Å². The molecule has 4 heteroatoms. The first-order chi connectivity index (χ1) is 14.3. The lowest BCUT2D eigenvalue weighted by Gasteiger charge is -2.46. The number of piperidine rings is 1. The number of hydrogen-bond donors (Lipinski definition) is 0. The van der Waals surface area contributed by atoms with Gasteiger partial charge in [-0.2, -0.15) is 0 Å². The molecule has 0 N–H and O–H groups in total. The van der Waals surface area contributed by atoms with Crippen molar-refractivity contribution < 1.29 is 4.79 Å². The molecule has 3 aromatic carbocycles. The first kappa shape index (κ1) is 19.6. The molecular weight excluding hydrogens is 392 g/mol. The van der Waals surface area contributed by atoms with Crippen molar-refractivity contribution in [1.29, 1.82) is 0 Å². The predicted octanol–water partition coefficient (Wildman–Crippen LogP) is 5.17. The van der Waals surface area contributed by atoms with Crippen molar-refractivity contribution in [2.75, 3.05) is 24.5 Å².